The maximum absolute atomic E-state index is 7.01. The van der Waals surface area contributed by atoms with Gasteiger partial charge < -0.3 is 9.47 Å². The summed E-state index contributed by atoms with van der Waals surface area (Å²) in [6, 6.07) is 41.2. The third-order valence-corrected chi connectivity index (χ3v) is 8.19. The highest BCUT2D eigenvalue weighted by atomic mass is 16.5. The van der Waals surface area contributed by atoms with E-state index in [2.05, 4.69) is 125 Å². The highest BCUT2D eigenvalue weighted by Crippen LogP contribution is 2.49. The van der Waals surface area contributed by atoms with Crippen LogP contribution in [0.4, 0.5) is 0 Å². The van der Waals surface area contributed by atoms with Gasteiger partial charge in [0.2, 0.25) is 11.8 Å². The van der Waals surface area contributed by atoms with Gasteiger partial charge in [-0.25, -0.2) is 9.98 Å². The van der Waals surface area contributed by atoms with E-state index in [0.29, 0.717) is 11.8 Å². The molecule has 0 radical (unpaired) electrons. The Hall–Kier alpha value is -4.18. The minimum atomic E-state index is -0.740. The van der Waals surface area contributed by atoms with Crippen molar-refractivity contribution in [2.45, 2.75) is 51.0 Å². The van der Waals surface area contributed by atoms with E-state index >= 15 is 0 Å². The molecular weight excluding hydrogens is 480 g/mol. The lowest BCUT2D eigenvalue weighted by molar-refractivity contribution is 0.0781. The van der Waals surface area contributed by atoms with Crippen molar-refractivity contribution < 1.29 is 9.47 Å². The van der Waals surface area contributed by atoms with Crippen LogP contribution >= 0.6 is 0 Å². The van der Waals surface area contributed by atoms with Crippen LogP contribution in [0.2, 0.25) is 0 Å². The van der Waals surface area contributed by atoms with Gasteiger partial charge in [0.1, 0.15) is 5.41 Å². The number of hydrogen-bond acceptors (Lipinski definition) is 4. The lowest BCUT2D eigenvalue weighted by atomic mass is 9.81. The van der Waals surface area contributed by atoms with Gasteiger partial charge in [0.15, 0.2) is 11.2 Å². The molecule has 0 fully saturated rings. The first kappa shape index (κ1) is 25.1. The highest BCUT2D eigenvalue weighted by molar-refractivity contribution is 6.06. The molecule has 0 saturated carbocycles. The molecule has 4 aromatic carbocycles. The van der Waals surface area contributed by atoms with E-state index in [-0.39, 0.29) is 12.1 Å². The Kier molecular flexibility index (Phi) is 6.14. The summed E-state index contributed by atoms with van der Waals surface area (Å²) in [7, 11) is 0. The van der Waals surface area contributed by atoms with Crippen LogP contribution in [0.25, 0.3) is 0 Å². The molecule has 0 saturated heterocycles. The largest absolute Gasteiger partial charge is 0.462 e. The fourth-order valence-corrected chi connectivity index (χ4v) is 6.01. The van der Waals surface area contributed by atoms with E-state index < -0.39 is 16.6 Å². The lowest BCUT2D eigenvalue weighted by Crippen LogP contribution is -2.43. The average Bonchev–Trinajstić information content (AvgIpc) is 3.54. The smallest absolute Gasteiger partial charge is 0.200 e. The van der Waals surface area contributed by atoms with Crippen molar-refractivity contribution in [1.82, 2.24) is 0 Å². The molecule has 0 unspecified atom stereocenters. The first-order valence-corrected chi connectivity index (χ1v) is 13.7. The van der Waals surface area contributed by atoms with Crippen molar-refractivity contribution in [2.75, 3.05) is 0 Å². The van der Waals surface area contributed by atoms with Crippen LogP contribution < -0.4 is 0 Å². The summed E-state index contributed by atoms with van der Waals surface area (Å²) < 4.78 is 14.0. The third-order valence-electron chi connectivity index (χ3n) is 8.19. The molecule has 6 rings (SSSR count). The summed E-state index contributed by atoms with van der Waals surface area (Å²) in [4.78, 5) is 10.3. The van der Waals surface area contributed by atoms with E-state index in [1.165, 1.54) is 0 Å². The fourth-order valence-electron chi connectivity index (χ4n) is 6.01. The van der Waals surface area contributed by atoms with Crippen molar-refractivity contribution in [3.05, 3.63) is 144 Å². The van der Waals surface area contributed by atoms with Crippen LogP contribution in [-0.2, 0) is 20.7 Å². The predicted molar refractivity (Wildman–Crippen MR) is 157 cm³/mol. The van der Waals surface area contributed by atoms with Crippen LogP contribution in [0.3, 0.4) is 0 Å². The quantitative estimate of drug-likeness (QED) is 0.267. The zero-order valence-electron chi connectivity index (χ0n) is 22.9. The molecule has 2 atom stereocenters. The van der Waals surface area contributed by atoms with E-state index in [0.717, 1.165) is 22.3 Å². The van der Waals surface area contributed by atoms with E-state index in [1.807, 2.05) is 24.3 Å². The van der Waals surface area contributed by atoms with Crippen LogP contribution in [0.15, 0.2) is 131 Å². The number of nitrogens with zero attached hydrogens (tertiary/aromatic N) is 2. The molecule has 4 aromatic rings. The van der Waals surface area contributed by atoms with Gasteiger partial charge in [-0.15, -0.1) is 0 Å². The highest BCUT2D eigenvalue weighted by Gasteiger charge is 2.56. The van der Waals surface area contributed by atoms with Gasteiger partial charge >= 0.3 is 0 Å². The van der Waals surface area contributed by atoms with Crippen molar-refractivity contribution in [3.63, 3.8) is 0 Å². The van der Waals surface area contributed by atoms with Crippen molar-refractivity contribution in [2.24, 2.45) is 15.4 Å². The molecule has 0 bridgehead atoms. The van der Waals surface area contributed by atoms with Gasteiger partial charge in [0, 0.05) is 22.3 Å². The monoisotopic (exact) mass is 514 g/mol. The lowest BCUT2D eigenvalue weighted by Gasteiger charge is -2.37. The van der Waals surface area contributed by atoms with Gasteiger partial charge in [-0.05, 0) is 27.7 Å². The molecule has 0 spiro atoms. The molecule has 2 heterocycles. The van der Waals surface area contributed by atoms with Gasteiger partial charge in [-0.3, -0.25) is 0 Å². The minimum absolute atomic E-state index is 0.149. The molecule has 0 N–H and O–H groups in total. The molecule has 2 aliphatic rings. The number of aliphatic imine (C=N–C) groups is 2. The van der Waals surface area contributed by atoms with E-state index in [9.17, 15) is 0 Å². The van der Waals surface area contributed by atoms with Crippen LogP contribution in [0, 0.1) is 5.41 Å². The second-order valence-electron chi connectivity index (χ2n) is 11.0. The molecule has 0 aromatic heterocycles. The topological polar surface area (TPSA) is 43.2 Å². The molecule has 39 heavy (non-hydrogen) atoms. The average molecular weight is 515 g/mol. The summed E-state index contributed by atoms with van der Waals surface area (Å²) in [5.74, 6) is 1.26. The van der Waals surface area contributed by atoms with Crippen LogP contribution in [0.1, 0.15) is 49.9 Å². The Labute approximate surface area is 231 Å². The van der Waals surface area contributed by atoms with E-state index in [1.54, 1.807) is 0 Å². The third kappa shape index (κ3) is 3.89. The molecule has 0 amide bonds. The SMILES string of the molecule is C[C@@H]1N=C(C(C)(C)C2=N[C@@H](C)C(c3ccccc3)(c3ccccc3)O2)OC1(c1ccccc1)c1ccccc1. The summed E-state index contributed by atoms with van der Waals surface area (Å²) in [6.45, 7) is 8.45. The Morgan fingerprint density at radius 3 is 1.00 bits per heavy atom. The van der Waals surface area contributed by atoms with Gasteiger partial charge in [-0.1, -0.05) is 121 Å². The zero-order chi connectivity index (χ0) is 27.1. The van der Waals surface area contributed by atoms with Crippen LogP contribution in [-0.4, -0.2) is 23.9 Å². The fraction of sp³-hybridized carbons (Fsp3) is 0.257. The maximum atomic E-state index is 7.01. The van der Waals surface area contributed by atoms with Crippen molar-refractivity contribution in [1.29, 1.82) is 0 Å². The standard InChI is InChI=1S/C35H34N2O2/c1-25-34(27-17-9-5-10-18-27,28-19-11-6-12-20-28)38-31(36-25)33(3,4)32-37-26(2)35(39-32,29-21-13-7-14-22-29)30-23-15-8-16-24-30/h5-26H,1-4H3/t25-,26-/m0/s1. The van der Waals surface area contributed by atoms with Gasteiger partial charge in [-0.2, -0.15) is 0 Å². The Morgan fingerprint density at radius 2 is 0.744 bits per heavy atom. The molecule has 2 aliphatic heterocycles. The molecule has 4 heteroatoms. The first-order valence-electron chi connectivity index (χ1n) is 13.7. The minimum Gasteiger partial charge on any atom is -0.462 e. The Bertz CT molecular complexity index is 1300. The summed E-state index contributed by atoms with van der Waals surface area (Å²) in [5, 5.41) is 0. The number of rotatable bonds is 6. The van der Waals surface area contributed by atoms with Crippen molar-refractivity contribution in [3.8, 4) is 0 Å². The van der Waals surface area contributed by atoms with Gasteiger partial charge in [0.25, 0.3) is 0 Å². The van der Waals surface area contributed by atoms with Crippen LogP contribution in [0.5, 0.6) is 0 Å². The van der Waals surface area contributed by atoms with E-state index in [4.69, 9.17) is 19.5 Å². The zero-order valence-corrected chi connectivity index (χ0v) is 22.9. The first-order chi connectivity index (χ1) is 18.9. The Morgan fingerprint density at radius 1 is 0.487 bits per heavy atom. The van der Waals surface area contributed by atoms with Gasteiger partial charge in [0.05, 0.1) is 12.1 Å². The summed E-state index contributed by atoms with van der Waals surface area (Å²) in [5.41, 5.74) is 2.12. The molecule has 0 aliphatic carbocycles. The normalized spacial score (nSPS) is 21.4. The molecule has 4 nitrogen and oxygen atoms in total. The maximum Gasteiger partial charge on any atom is 0.200 e. The molecule has 196 valence electrons. The number of hydrogen-bond donors (Lipinski definition) is 0. The molecular formula is C35H34N2O2. The number of ether oxygens (including phenoxy) is 2. The predicted octanol–water partition coefficient (Wildman–Crippen LogP) is 7.53. The Balaban J connectivity index is 1.41. The number of benzene rings is 4. The van der Waals surface area contributed by atoms with Crippen molar-refractivity contribution >= 4 is 11.8 Å². The summed E-state index contributed by atoms with van der Waals surface area (Å²) in [6.07, 6.45) is 0. The second kappa shape index (κ2) is 9.53. The summed E-state index contributed by atoms with van der Waals surface area (Å²) >= 11 is 0. The second-order valence-corrected chi connectivity index (χ2v) is 11.0.